The summed E-state index contributed by atoms with van der Waals surface area (Å²) in [6.07, 6.45) is 4.58. The predicted octanol–water partition coefficient (Wildman–Crippen LogP) is 1.57. The second kappa shape index (κ2) is 4.91. The number of hydrogen-bond donors (Lipinski definition) is 0. The van der Waals surface area contributed by atoms with Gasteiger partial charge in [0.25, 0.3) is 0 Å². The van der Waals surface area contributed by atoms with Gasteiger partial charge >= 0.3 is 0 Å². The Morgan fingerprint density at radius 3 is 2.36 bits per heavy atom. The van der Waals surface area contributed by atoms with Crippen molar-refractivity contribution in [1.29, 1.82) is 0 Å². The lowest BCUT2D eigenvalue weighted by Crippen LogP contribution is -2.18. The third kappa shape index (κ3) is 4.22. The van der Waals surface area contributed by atoms with Gasteiger partial charge in [-0.15, -0.1) is 0 Å². The van der Waals surface area contributed by atoms with Crippen molar-refractivity contribution in [3.63, 3.8) is 0 Å². The van der Waals surface area contributed by atoms with Gasteiger partial charge in [-0.3, -0.25) is 4.79 Å². The number of hydrogen-bond acceptors (Lipinski definition) is 3. The van der Waals surface area contributed by atoms with Crippen LogP contribution < -0.4 is 0 Å². The lowest BCUT2D eigenvalue weighted by molar-refractivity contribution is -0.116. The van der Waals surface area contributed by atoms with E-state index < -0.39 is 9.84 Å². The molecule has 0 spiro atoms. The van der Waals surface area contributed by atoms with E-state index in [-0.39, 0.29) is 18.0 Å². The van der Waals surface area contributed by atoms with Crippen LogP contribution in [0.5, 0.6) is 0 Å². The van der Waals surface area contributed by atoms with Crippen molar-refractivity contribution in [3.05, 3.63) is 0 Å². The van der Waals surface area contributed by atoms with Gasteiger partial charge in [-0.05, 0) is 25.7 Å². The molecule has 0 aliphatic heterocycles. The molecular formula is C10H18O3S. The molecule has 0 radical (unpaired) electrons. The molecule has 1 fully saturated rings. The molecule has 14 heavy (non-hydrogen) atoms. The summed E-state index contributed by atoms with van der Waals surface area (Å²) in [7, 11) is -2.98. The fourth-order valence-electron chi connectivity index (χ4n) is 1.92. The van der Waals surface area contributed by atoms with Crippen molar-refractivity contribution in [2.75, 3.05) is 11.5 Å². The maximum absolute atomic E-state index is 11.5. The molecule has 0 aromatic rings. The minimum atomic E-state index is -2.98. The first-order chi connectivity index (χ1) is 6.49. The van der Waals surface area contributed by atoms with E-state index >= 15 is 0 Å². The van der Waals surface area contributed by atoms with Gasteiger partial charge in [0.1, 0.15) is 5.78 Å². The molecule has 0 unspecified atom stereocenters. The zero-order chi connectivity index (χ0) is 10.6. The van der Waals surface area contributed by atoms with Crippen LogP contribution in [-0.2, 0) is 14.6 Å². The summed E-state index contributed by atoms with van der Waals surface area (Å²) in [4.78, 5) is 10.7. The molecule has 1 aliphatic carbocycles. The Labute approximate surface area is 85.8 Å². The molecule has 0 bridgehead atoms. The fraction of sp³-hybridized carbons (Fsp3) is 0.900. The molecule has 0 aromatic heterocycles. The average molecular weight is 218 g/mol. The van der Waals surface area contributed by atoms with Gasteiger partial charge in [0, 0.05) is 6.42 Å². The van der Waals surface area contributed by atoms with Gasteiger partial charge in [0.15, 0.2) is 9.84 Å². The number of carbonyl (C=O) groups excluding carboxylic acids is 1. The second-order valence-electron chi connectivity index (χ2n) is 4.22. The van der Waals surface area contributed by atoms with Crippen LogP contribution in [0.3, 0.4) is 0 Å². The summed E-state index contributed by atoms with van der Waals surface area (Å²) in [6.45, 7) is 1.44. The average Bonchev–Trinajstić information content (AvgIpc) is 2.53. The molecule has 0 heterocycles. The van der Waals surface area contributed by atoms with E-state index in [9.17, 15) is 13.2 Å². The Morgan fingerprint density at radius 1 is 1.29 bits per heavy atom. The first-order valence-electron chi connectivity index (χ1n) is 5.19. The zero-order valence-corrected chi connectivity index (χ0v) is 9.48. The Kier molecular flexibility index (Phi) is 4.11. The van der Waals surface area contributed by atoms with Crippen LogP contribution in [0.2, 0.25) is 0 Å². The lowest BCUT2D eigenvalue weighted by atomic mass is 10.1. The topological polar surface area (TPSA) is 51.2 Å². The fourth-order valence-corrected chi connectivity index (χ4v) is 3.74. The van der Waals surface area contributed by atoms with Gasteiger partial charge in [-0.25, -0.2) is 8.42 Å². The Hall–Kier alpha value is -0.380. The minimum Gasteiger partial charge on any atom is -0.300 e. The van der Waals surface area contributed by atoms with Gasteiger partial charge in [0.05, 0.1) is 11.5 Å². The van der Waals surface area contributed by atoms with Gasteiger partial charge in [-0.2, -0.15) is 0 Å². The van der Waals surface area contributed by atoms with Crippen LogP contribution in [0.15, 0.2) is 0 Å². The summed E-state index contributed by atoms with van der Waals surface area (Å²) in [5.74, 6) is 0.644. The highest BCUT2D eigenvalue weighted by Crippen LogP contribution is 2.26. The molecule has 1 saturated carbocycles. The van der Waals surface area contributed by atoms with Crippen molar-refractivity contribution in [1.82, 2.24) is 0 Å². The zero-order valence-electron chi connectivity index (χ0n) is 8.66. The Balaban J connectivity index is 2.36. The lowest BCUT2D eigenvalue weighted by Gasteiger charge is -2.08. The van der Waals surface area contributed by atoms with E-state index in [1.165, 1.54) is 6.92 Å². The summed E-state index contributed by atoms with van der Waals surface area (Å²) >= 11 is 0. The third-order valence-corrected chi connectivity index (χ3v) is 4.53. The molecule has 0 saturated heterocycles. The molecule has 0 N–H and O–H groups in total. The van der Waals surface area contributed by atoms with Crippen LogP contribution >= 0.6 is 0 Å². The van der Waals surface area contributed by atoms with E-state index in [0.29, 0.717) is 11.7 Å². The van der Waals surface area contributed by atoms with Crippen molar-refractivity contribution >= 4 is 15.6 Å². The number of ketones is 1. The SMILES string of the molecule is CC(=O)CCS(=O)(=O)CC1CCCC1. The van der Waals surface area contributed by atoms with Crippen molar-refractivity contribution in [2.24, 2.45) is 5.92 Å². The van der Waals surface area contributed by atoms with Crippen LogP contribution in [0.25, 0.3) is 0 Å². The van der Waals surface area contributed by atoms with Crippen molar-refractivity contribution in [3.8, 4) is 0 Å². The van der Waals surface area contributed by atoms with Gasteiger partial charge < -0.3 is 0 Å². The van der Waals surface area contributed by atoms with E-state index in [1.54, 1.807) is 0 Å². The highest BCUT2D eigenvalue weighted by molar-refractivity contribution is 7.91. The van der Waals surface area contributed by atoms with Crippen LogP contribution in [0, 0.1) is 5.92 Å². The molecular weight excluding hydrogens is 200 g/mol. The van der Waals surface area contributed by atoms with Gasteiger partial charge in [0.2, 0.25) is 0 Å². The first-order valence-corrected chi connectivity index (χ1v) is 7.01. The molecule has 0 aromatic carbocycles. The van der Waals surface area contributed by atoms with Gasteiger partial charge in [-0.1, -0.05) is 12.8 Å². The standard InChI is InChI=1S/C10H18O3S/c1-9(11)6-7-14(12,13)8-10-4-2-3-5-10/h10H,2-8H2,1H3. The van der Waals surface area contributed by atoms with E-state index in [1.807, 2.05) is 0 Å². The molecule has 1 aliphatic rings. The molecule has 0 amide bonds. The summed E-state index contributed by atoms with van der Waals surface area (Å²) in [6, 6.07) is 0. The maximum Gasteiger partial charge on any atom is 0.151 e. The predicted molar refractivity (Wildman–Crippen MR) is 55.9 cm³/mol. The van der Waals surface area contributed by atoms with E-state index in [4.69, 9.17) is 0 Å². The monoisotopic (exact) mass is 218 g/mol. The third-order valence-electron chi connectivity index (χ3n) is 2.73. The van der Waals surface area contributed by atoms with Crippen molar-refractivity contribution < 1.29 is 13.2 Å². The summed E-state index contributed by atoms with van der Waals surface area (Å²) in [5, 5.41) is 0. The highest BCUT2D eigenvalue weighted by Gasteiger charge is 2.22. The summed E-state index contributed by atoms with van der Waals surface area (Å²) in [5.41, 5.74) is 0. The smallest absolute Gasteiger partial charge is 0.151 e. The van der Waals surface area contributed by atoms with E-state index in [2.05, 4.69) is 0 Å². The quantitative estimate of drug-likeness (QED) is 0.704. The molecule has 4 heteroatoms. The normalized spacial score (nSPS) is 18.6. The highest BCUT2D eigenvalue weighted by atomic mass is 32.2. The molecule has 82 valence electrons. The second-order valence-corrected chi connectivity index (χ2v) is 6.45. The van der Waals surface area contributed by atoms with Crippen molar-refractivity contribution in [2.45, 2.75) is 39.0 Å². The molecule has 1 rings (SSSR count). The largest absolute Gasteiger partial charge is 0.300 e. The first kappa shape index (κ1) is 11.7. The van der Waals surface area contributed by atoms with Crippen LogP contribution in [0.4, 0.5) is 0 Å². The number of sulfone groups is 1. The Bertz CT molecular complexity index is 286. The number of carbonyl (C=O) groups is 1. The number of Topliss-reactive ketones (excluding diaryl/α,β-unsaturated/α-hetero) is 1. The minimum absolute atomic E-state index is 0.0405. The van der Waals surface area contributed by atoms with E-state index in [0.717, 1.165) is 25.7 Å². The number of rotatable bonds is 5. The molecule has 0 atom stereocenters. The van der Waals surface area contributed by atoms with Crippen LogP contribution in [0.1, 0.15) is 39.0 Å². The Morgan fingerprint density at radius 2 is 1.86 bits per heavy atom. The summed E-state index contributed by atoms with van der Waals surface area (Å²) < 4.78 is 23.1. The maximum atomic E-state index is 11.5. The molecule has 3 nitrogen and oxygen atoms in total. The van der Waals surface area contributed by atoms with Crippen LogP contribution in [-0.4, -0.2) is 25.7 Å².